The molecule has 1 aromatic heterocycles. The lowest BCUT2D eigenvalue weighted by Gasteiger charge is -2.15. The second kappa shape index (κ2) is 5.00. The number of rotatable bonds is 3. The number of anilines is 1. The first-order valence-corrected chi connectivity index (χ1v) is 5.65. The van der Waals surface area contributed by atoms with Crippen LogP contribution in [0.5, 0.6) is 0 Å². The van der Waals surface area contributed by atoms with Crippen molar-refractivity contribution in [3.63, 3.8) is 0 Å². The molecule has 5 heteroatoms. The Kier molecular flexibility index (Phi) is 3.41. The third-order valence-corrected chi connectivity index (χ3v) is 2.60. The van der Waals surface area contributed by atoms with Gasteiger partial charge in [0, 0.05) is 11.6 Å². The molecule has 1 unspecified atom stereocenters. The van der Waals surface area contributed by atoms with Crippen molar-refractivity contribution in [3.8, 4) is 0 Å². The average molecular weight is 247 g/mol. The van der Waals surface area contributed by atoms with Gasteiger partial charge >= 0.3 is 0 Å². The van der Waals surface area contributed by atoms with Crippen LogP contribution in [0, 0.1) is 12.7 Å². The van der Waals surface area contributed by atoms with Gasteiger partial charge in [0.05, 0.1) is 6.04 Å². The second-order valence-corrected chi connectivity index (χ2v) is 4.10. The predicted molar refractivity (Wildman–Crippen MR) is 68.0 cm³/mol. The summed E-state index contributed by atoms with van der Waals surface area (Å²) in [7, 11) is 0. The summed E-state index contributed by atoms with van der Waals surface area (Å²) in [6.07, 6.45) is 0. The minimum Gasteiger partial charge on any atom is -0.363 e. The summed E-state index contributed by atoms with van der Waals surface area (Å²) in [4.78, 5) is 18.0. The van der Waals surface area contributed by atoms with Gasteiger partial charge in [-0.3, -0.25) is 4.79 Å². The van der Waals surface area contributed by atoms with E-state index >= 15 is 0 Å². The summed E-state index contributed by atoms with van der Waals surface area (Å²) < 4.78 is 13.6. The highest BCUT2D eigenvalue weighted by atomic mass is 19.1. The fraction of sp³-hybridized carbons (Fsp3) is 0.231. The quantitative estimate of drug-likeness (QED) is 0.875. The van der Waals surface area contributed by atoms with Crippen molar-refractivity contribution in [2.75, 3.05) is 5.32 Å². The number of nitrogens with zero attached hydrogens (tertiary/aromatic N) is 1. The van der Waals surface area contributed by atoms with E-state index in [0.717, 1.165) is 0 Å². The molecular weight excluding hydrogens is 233 g/mol. The molecule has 0 fully saturated rings. The van der Waals surface area contributed by atoms with Gasteiger partial charge in [0.15, 0.2) is 0 Å². The highest BCUT2D eigenvalue weighted by Crippen LogP contribution is 2.19. The van der Waals surface area contributed by atoms with E-state index in [2.05, 4.69) is 15.3 Å². The number of aryl methyl sites for hydroxylation is 1. The molecular formula is C13H14FN3O. The van der Waals surface area contributed by atoms with Gasteiger partial charge < -0.3 is 10.3 Å². The Morgan fingerprint density at radius 3 is 2.78 bits per heavy atom. The molecule has 0 amide bonds. The fourth-order valence-corrected chi connectivity index (χ4v) is 1.78. The van der Waals surface area contributed by atoms with Crippen molar-refractivity contribution in [2.24, 2.45) is 0 Å². The van der Waals surface area contributed by atoms with E-state index in [0.29, 0.717) is 17.2 Å². The van der Waals surface area contributed by atoms with Crippen molar-refractivity contribution in [2.45, 2.75) is 19.9 Å². The minimum absolute atomic E-state index is 0.231. The van der Waals surface area contributed by atoms with Crippen molar-refractivity contribution >= 4 is 5.82 Å². The molecule has 0 aliphatic rings. The monoisotopic (exact) mass is 247 g/mol. The van der Waals surface area contributed by atoms with E-state index in [1.165, 1.54) is 12.1 Å². The van der Waals surface area contributed by atoms with Crippen LogP contribution in [0.2, 0.25) is 0 Å². The fourth-order valence-electron chi connectivity index (χ4n) is 1.78. The maximum Gasteiger partial charge on any atom is 0.252 e. The number of halogens is 1. The highest BCUT2D eigenvalue weighted by molar-refractivity contribution is 5.37. The van der Waals surface area contributed by atoms with Crippen molar-refractivity contribution in [1.29, 1.82) is 0 Å². The Balaban J connectivity index is 2.24. The summed E-state index contributed by atoms with van der Waals surface area (Å²) in [5.74, 6) is 0.678. The lowest BCUT2D eigenvalue weighted by Crippen LogP contribution is -2.15. The van der Waals surface area contributed by atoms with Gasteiger partial charge in [-0.15, -0.1) is 0 Å². The van der Waals surface area contributed by atoms with Gasteiger partial charge in [-0.1, -0.05) is 18.2 Å². The number of hydrogen-bond acceptors (Lipinski definition) is 3. The maximum absolute atomic E-state index is 13.6. The van der Waals surface area contributed by atoms with Gasteiger partial charge in [0.2, 0.25) is 0 Å². The Morgan fingerprint density at radius 1 is 1.39 bits per heavy atom. The van der Waals surface area contributed by atoms with Crippen LogP contribution in [-0.4, -0.2) is 9.97 Å². The SMILES string of the molecule is Cc1nc(NC(C)c2ccccc2F)cc(=O)[nH]1. The Labute approximate surface area is 104 Å². The summed E-state index contributed by atoms with van der Waals surface area (Å²) in [5.41, 5.74) is 0.308. The molecule has 2 N–H and O–H groups in total. The molecule has 1 heterocycles. The minimum atomic E-state index is -0.279. The Bertz CT molecular complexity index is 609. The molecule has 0 radical (unpaired) electrons. The van der Waals surface area contributed by atoms with E-state index < -0.39 is 0 Å². The van der Waals surface area contributed by atoms with E-state index in [1.54, 1.807) is 25.1 Å². The number of aromatic amines is 1. The second-order valence-electron chi connectivity index (χ2n) is 4.10. The van der Waals surface area contributed by atoms with Crippen LogP contribution >= 0.6 is 0 Å². The molecule has 1 aromatic carbocycles. The average Bonchev–Trinajstić information content (AvgIpc) is 2.27. The van der Waals surface area contributed by atoms with Crippen LogP contribution in [0.3, 0.4) is 0 Å². The number of benzene rings is 1. The molecule has 94 valence electrons. The van der Waals surface area contributed by atoms with Gasteiger partial charge in [-0.2, -0.15) is 0 Å². The number of nitrogens with one attached hydrogen (secondary N) is 2. The number of H-pyrrole nitrogens is 1. The molecule has 0 saturated carbocycles. The van der Waals surface area contributed by atoms with Crippen LogP contribution in [0.1, 0.15) is 24.4 Å². The van der Waals surface area contributed by atoms with Crippen molar-refractivity contribution in [3.05, 3.63) is 57.9 Å². The number of hydrogen-bond donors (Lipinski definition) is 2. The molecule has 4 nitrogen and oxygen atoms in total. The summed E-state index contributed by atoms with van der Waals surface area (Å²) >= 11 is 0. The van der Waals surface area contributed by atoms with Crippen LogP contribution in [-0.2, 0) is 0 Å². The zero-order valence-corrected chi connectivity index (χ0v) is 10.2. The summed E-state index contributed by atoms with van der Waals surface area (Å²) in [5, 5.41) is 3.01. The van der Waals surface area contributed by atoms with Crippen molar-refractivity contribution < 1.29 is 4.39 Å². The first-order chi connectivity index (χ1) is 8.56. The van der Waals surface area contributed by atoms with Gasteiger partial charge in [-0.05, 0) is 19.9 Å². The van der Waals surface area contributed by atoms with Gasteiger partial charge in [0.1, 0.15) is 17.5 Å². The molecule has 1 atom stereocenters. The zero-order chi connectivity index (χ0) is 13.1. The summed E-state index contributed by atoms with van der Waals surface area (Å²) in [6.45, 7) is 3.51. The largest absolute Gasteiger partial charge is 0.363 e. The van der Waals surface area contributed by atoms with E-state index in [4.69, 9.17) is 0 Å². The molecule has 0 saturated heterocycles. The van der Waals surface area contributed by atoms with Crippen LogP contribution in [0.25, 0.3) is 0 Å². The molecule has 0 bridgehead atoms. The van der Waals surface area contributed by atoms with Crippen molar-refractivity contribution in [1.82, 2.24) is 9.97 Å². The molecule has 2 rings (SSSR count). The lowest BCUT2D eigenvalue weighted by molar-refractivity contribution is 0.600. The molecule has 18 heavy (non-hydrogen) atoms. The Morgan fingerprint density at radius 2 is 2.11 bits per heavy atom. The molecule has 0 aliphatic heterocycles. The standard InChI is InChI=1S/C13H14FN3O/c1-8(10-5-3-4-6-11(10)14)15-12-7-13(18)17-9(2)16-12/h3-8H,1-2H3,(H2,15,16,17,18). The third kappa shape index (κ3) is 2.74. The lowest BCUT2D eigenvalue weighted by atomic mass is 10.1. The first-order valence-electron chi connectivity index (χ1n) is 5.65. The van der Waals surface area contributed by atoms with E-state index in [9.17, 15) is 9.18 Å². The van der Waals surface area contributed by atoms with E-state index in [-0.39, 0.29) is 17.4 Å². The van der Waals surface area contributed by atoms with E-state index in [1.807, 2.05) is 6.92 Å². The Hall–Kier alpha value is -2.17. The predicted octanol–water partition coefficient (Wildman–Crippen LogP) is 2.39. The highest BCUT2D eigenvalue weighted by Gasteiger charge is 2.10. The normalized spacial score (nSPS) is 12.2. The zero-order valence-electron chi connectivity index (χ0n) is 10.2. The van der Waals surface area contributed by atoms with Crippen LogP contribution in [0.4, 0.5) is 10.2 Å². The third-order valence-electron chi connectivity index (χ3n) is 2.60. The molecule has 2 aromatic rings. The molecule has 0 spiro atoms. The van der Waals surface area contributed by atoms with Crippen LogP contribution < -0.4 is 10.9 Å². The summed E-state index contributed by atoms with van der Waals surface area (Å²) in [6, 6.07) is 7.61. The maximum atomic E-state index is 13.6. The number of aromatic nitrogens is 2. The van der Waals surface area contributed by atoms with Gasteiger partial charge in [-0.25, -0.2) is 9.37 Å². The first kappa shape index (κ1) is 12.3. The molecule has 0 aliphatic carbocycles. The van der Waals surface area contributed by atoms with Crippen LogP contribution in [0.15, 0.2) is 35.1 Å². The van der Waals surface area contributed by atoms with Gasteiger partial charge in [0.25, 0.3) is 5.56 Å². The smallest absolute Gasteiger partial charge is 0.252 e. The topological polar surface area (TPSA) is 57.8 Å².